The average molecular weight is 582 g/mol. The fraction of sp³-hybridized carbons (Fsp3) is 0. The number of benzene rings is 4. The van der Waals surface area contributed by atoms with Crippen molar-refractivity contribution >= 4 is 89.6 Å². The summed E-state index contributed by atoms with van der Waals surface area (Å²) in [5.41, 5.74) is 0. The van der Waals surface area contributed by atoms with Crippen LogP contribution in [0.25, 0.3) is 43.1 Å². The summed E-state index contributed by atoms with van der Waals surface area (Å²) in [5, 5.41) is 22.8. The first-order valence-electron chi connectivity index (χ1n) is 13.2. The molecule has 0 fully saturated rings. The van der Waals surface area contributed by atoms with Crippen molar-refractivity contribution < 1.29 is 17.1 Å². The number of H-pyrrole nitrogens is 2. The smallest absolute Gasteiger partial charge is 0.400 e. The molecule has 8 aromatic rings. The molecule has 0 saturated heterocycles. The van der Waals surface area contributed by atoms with Crippen molar-refractivity contribution in [3.05, 3.63) is 97.1 Å². The number of nitrogens with zero attached hydrogens (tertiary/aromatic N) is 2. The van der Waals surface area contributed by atoms with Gasteiger partial charge in [-0.1, -0.05) is 97.1 Å². The van der Waals surface area contributed by atoms with E-state index in [1.54, 1.807) is 0 Å². The van der Waals surface area contributed by atoms with Crippen LogP contribution in [0.2, 0.25) is 0 Å². The summed E-state index contributed by atoms with van der Waals surface area (Å²) in [6.45, 7) is 0. The van der Waals surface area contributed by atoms with Gasteiger partial charge in [0.05, 0.1) is 23.3 Å². The maximum absolute atomic E-state index is 5.04. The summed E-state index contributed by atoms with van der Waals surface area (Å²) in [6, 6.07) is 33.1. The maximum atomic E-state index is 5.04. The Kier molecular flexibility index (Phi) is 5.12. The molecule has 1 aliphatic rings. The quantitative estimate of drug-likeness (QED) is 0.101. The van der Waals surface area contributed by atoms with Crippen LogP contribution in [0.15, 0.2) is 97.1 Å². The third kappa shape index (κ3) is 3.53. The Balaban J connectivity index is 0.00000256. The molecule has 9 rings (SSSR count). The molecule has 201 valence electrons. The normalized spacial score (nSPS) is 12.5. The molecule has 0 spiro atoms. The number of aromatic nitrogens is 4. The van der Waals surface area contributed by atoms with E-state index >= 15 is 0 Å². The number of nitrogens with one attached hydrogen (secondary N) is 6. The Labute approximate surface area is 244 Å². The molecule has 6 N–H and O–H groups in total. The van der Waals surface area contributed by atoms with E-state index in [4.69, 9.17) is 9.97 Å². The van der Waals surface area contributed by atoms with Gasteiger partial charge in [-0.25, -0.2) is 0 Å². The van der Waals surface area contributed by atoms with Crippen LogP contribution in [0.4, 0.5) is 46.5 Å². The number of rotatable bonds is 0. The summed E-state index contributed by atoms with van der Waals surface area (Å²) in [6.07, 6.45) is 0. The number of hydrogen-bond donors (Lipinski definition) is 6. The molecule has 8 nitrogen and oxygen atoms in total. The first kappa shape index (κ1) is 23.6. The maximum Gasteiger partial charge on any atom is 2.00 e. The number of aromatic amines is 2. The van der Waals surface area contributed by atoms with Crippen molar-refractivity contribution in [1.82, 2.24) is 19.9 Å². The monoisotopic (exact) mass is 581 g/mol. The summed E-state index contributed by atoms with van der Waals surface area (Å²) in [5.74, 6) is 6.55. The van der Waals surface area contributed by atoms with E-state index in [-0.39, 0.29) is 17.1 Å². The van der Waals surface area contributed by atoms with E-state index in [1.165, 1.54) is 0 Å². The first-order chi connectivity index (χ1) is 19.8. The predicted molar refractivity (Wildman–Crippen MR) is 164 cm³/mol. The number of fused-ring (bicyclic) bond motifs is 20. The Hall–Kier alpha value is -5.24. The minimum absolute atomic E-state index is 0. The van der Waals surface area contributed by atoms with E-state index < -0.39 is 0 Å². The molecule has 0 aliphatic carbocycles. The van der Waals surface area contributed by atoms with Crippen molar-refractivity contribution in [1.29, 1.82) is 0 Å². The second-order valence-corrected chi connectivity index (χ2v) is 10.1. The van der Waals surface area contributed by atoms with E-state index in [1.807, 2.05) is 48.5 Å². The van der Waals surface area contributed by atoms with Gasteiger partial charge in [0.25, 0.3) is 0 Å². The van der Waals surface area contributed by atoms with Crippen molar-refractivity contribution in [3.63, 3.8) is 0 Å². The van der Waals surface area contributed by atoms with Crippen LogP contribution in [0.1, 0.15) is 0 Å². The summed E-state index contributed by atoms with van der Waals surface area (Å²) < 4.78 is 0. The molecule has 41 heavy (non-hydrogen) atoms. The van der Waals surface area contributed by atoms with Crippen LogP contribution < -0.4 is 31.2 Å². The Morgan fingerprint density at radius 1 is 0.317 bits per heavy atom. The van der Waals surface area contributed by atoms with Gasteiger partial charge in [-0.3, -0.25) is 0 Å². The van der Waals surface area contributed by atoms with Gasteiger partial charge in [0.15, 0.2) is 0 Å². The molecular weight excluding hydrogens is 560 g/mol. The van der Waals surface area contributed by atoms with E-state index in [0.717, 1.165) is 89.6 Å². The van der Waals surface area contributed by atoms with Crippen molar-refractivity contribution in [2.75, 3.05) is 21.3 Å². The molecule has 9 heteroatoms. The van der Waals surface area contributed by atoms with Crippen molar-refractivity contribution in [2.24, 2.45) is 0 Å². The fourth-order valence-electron chi connectivity index (χ4n) is 5.86. The Bertz CT molecular complexity index is 1780. The molecule has 8 bridgehead atoms. The SMILES string of the molecule is [Cu+2].c1ccc2c3[n-]c(c2c1)Nc1[nH]c(c2ccccc12)Nc1[n-]c(c2ccccc12)Nc1[nH]c(c2ccccc12)N3. The van der Waals surface area contributed by atoms with Gasteiger partial charge in [-0.2, -0.15) is 0 Å². The molecule has 1 radical (unpaired) electrons. The van der Waals surface area contributed by atoms with Crippen LogP contribution in [0.3, 0.4) is 0 Å². The molecule has 4 aromatic heterocycles. The fourth-order valence-corrected chi connectivity index (χ4v) is 5.86. The summed E-state index contributed by atoms with van der Waals surface area (Å²) >= 11 is 0. The second kappa shape index (κ2) is 8.89. The predicted octanol–water partition coefficient (Wildman–Crippen LogP) is 8.16. The minimum atomic E-state index is 0. The van der Waals surface area contributed by atoms with Gasteiger partial charge in [0.1, 0.15) is 0 Å². The second-order valence-electron chi connectivity index (χ2n) is 10.1. The third-order valence-corrected chi connectivity index (χ3v) is 7.73. The molecule has 0 atom stereocenters. The van der Waals surface area contributed by atoms with E-state index in [0.29, 0.717) is 0 Å². The van der Waals surface area contributed by atoms with Gasteiger partial charge < -0.3 is 41.2 Å². The Morgan fingerprint density at radius 3 is 0.780 bits per heavy atom. The molecule has 0 amide bonds. The molecule has 5 heterocycles. The zero-order valence-electron chi connectivity index (χ0n) is 21.4. The number of hydrogen-bond acceptors (Lipinski definition) is 4. The van der Waals surface area contributed by atoms with Crippen LogP contribution in [-0.2, 0) is 17.1 Å². The van der Waals surface area contributed by atoms with Gasteiger partial charge in [-0.15, -0.1) is 0 Å². The van der Waals surface area contributed by atoms with Crippen LogP contribution in [0.5, 0.6) is 0 Å². The number of anilines is 8. The van der Waals surface area contributed by atoms with Crippen LogP contribution in [0, 0.1) is 0 Å². The van der Waals surface area contributed by atoms with Gasteiger partial charge >= 0.3 is 17.1 Å². The molecule has 0 saturated carbocycles. The van der Waals surface area contributed by atoms with Crippen molar-refractivity contribution in [2.45, 2.75) is 0 Å². The van der Waals surface area contributed by atoms with Crippen LogP contribution >= 0.6 is 0 Å². The Morgan fingerprint density at radius 2 is 0.537 bits per heavy atom. The van der Waals surface area contributed by atoms with E-state index in [9.17, 15) is 0 Å². The average Bonchev–Trinajstić information content (AvgIpc) is 3.73. The summed E-state index contributed by atoms with van der Waals surface area (Å²) in [4.78, 5) is 17.2. The third-order valence-electron chi connectivity index (χ3n) is 7.73. The largest absolute Gasteiger partial charge is 2.00 e. The van der Waals surface area contributed by atoms with Crippen LogP contribution in [-0.4, -0.2) is 9.97 Å². The van der Waals surface area contributed by atoms with Gasteiger partial charge in [0.2, 0.25) is 0 Å². The molecule has 0 unspecified atom stereocenters. The molecule has 4 aromatic carbocycles. The molecular formula is C32H22CuN8. The van der Waals surface area contributed by atoms with Gasteiger partial charge in [0, 0.05) is 44.8 Å². The first-order valence-corrected chi connectivity index (χ1v) is 13.2. The minimum Gasteiger partial charge on any atom is -0.400 e. The zero-order valence-corrected chi connectivity index (χ0v) is 22.4. The standard InChI is InChI=1S/C32H22N8.Cu/c1-2-10-18-17(9-1)25-33-26(18)38-28-21-13-5-6-14-22(21)30(35-28)40-32-24-16-8-7-15-23(24)31(36-32)39-29-20-12-4-3-11-19(20)27(34-29)37-25;/h1-16,33,36-40H;/q-2;+2. The van der Waals surface area contributed by atoms with E-state index in [2.05, 4.69) is 79.8 Å². The van der Waals surface area contributed by atoms with Gasteiger partial charge in [-0.05, 0) is 21.5 Å². The molecule has 1 aliphatic heterocycles. The topological polar surface area (TPSA) is 108 Å². The van der Waals surface area contributed by atoms with Crippen molar-refractivity contribution in [3.8, 4) is 0 Å². The zero-order chi connectivity index (χ0) is 26.2. The summed E-state index contributed by atoms with van der Waals surface area (Å²) in [7, 11) is 0.